The van der Waals surface area contributed by atoms with Gasteiger partial charge in [0.15, 0.2) is 0 Å². The number of piperidine rings is 1. The Morgan fingerprint density at radius 3 is 2.73 bits per heavy atom. The molecule has 1 fully saturated rings. The van der Waals surface area contributed by atoms with Crippen molar-refractivity contribution in [3.05, 3.63) is 35.9 Å². The van der Waals surface area contributed by atoms with Crippen molar-refractivity contribution in [2.75, 3.05) is 13.1 Å². The van der Waals surface area contributed by atoms with Crippen LogP contribution in [0.25, 0.3) is 0 Å². The SMILES string of the molecule is CCC1CCCCN1CC(=O)NC(=O)NCc1ccccc1. The number of hydrogen-bond donors (Lipinski definition) is 2. The Bertz CT molecular complexity index is 490. The van der Waals surface area contributed by atoms with E-state index >= 15 is 0 Å². The van der Waals surface area contributed by atoms with Crippen LogP contribution in [0, 0.1) is 0 Å². The number of benzene rings is 1. The van der Waals surface area contributed by atoms with Crippen LogP contribution in [0.4, 0.5) is 4.79 Å². The maximum atomic E-state index is 12.0. The zero-order chi connectivity index (χ0) is 15.8. The van der Waals surface area contributed by atoms with Gasteiger partial charge >= 0.3 is 6.03 Å². The van der Waals surface area contributed by atoms with Gasteiger partial charge in [0, 0.05) is 12.6 Å². The van der Waals surface area contributed by atoms with Gasteiger partial charge in [-0.3, -0.25) is 15.0 Å². The minimum absolute atomic E-state index is 0.231. The summed E-state index contributed by atoms with van der Waals surface area (Å²) >= 11 is 0. The lowest BCUT2D eigenvalue weighted by Gasteiger charge is -2.34. The zero-order valence-corrected chi connectivity index (χ0v) is 13.2. The van der Waals surface area contributed by atoms with E-state index in [0.29, 0.717) is 19.1 Å². The predicted molar refractivity (Wildman–Crippen MR) is 86.3 cm³/mol. The molecule has 3 amide bonds. The second-order valence-corrected chi connectivity index (χ2v) is 5.74. The number of carbonyl (C=O) groups excluding carboxylic acids is 2. The molecule has 0 saturated carbocycles. The summed E-state index contributed by atoms with van der Waals surface area (Å²) in [6.45, 7) is 3.81. The van der Waals surface area contributed by atoms with Crippen LogP contribution in [0.3, 0.4) is 0 Å². The van der Waals surface area contributed by atoms with Gasteiger partial charge in [0.1, 0.15) is 0 Å². The first kappa shape index (κ1) is 16.5. The highest BCUT2D eigenvalue weighted by atomic mass is 16.2. The van der Waals surface area contributed by atoms with Crippen molar-refractivity contribution in [1.29, 1.82) is 0 Å². The summed E-state index contributed by atoms with van der Waals surface area (Å²) in [7, 11) is 0. The lowest BCUT2D eigenvalue weighted by molar-refractivity contribution is -0.122. The number of nitrogens with zero attached hydrogens (tertiary/aromatic N) is 1. The standard InChI is InChI=1S/C17H25N3O2/c1-2-15-10-6-7-11-20(15)13-16(21)19-17(22)18-12-14-8-4-3-5-9-14/h3-5,8-9,15H,2,6-7,10-13H2,1H3,(H2,18,19,21,22). The molecule has 1 aliphatic heterocycles. The average molecular weight is 303 g/mol. The fourth-order valence-electron chi connectivity index (χ4n) is 2.90. The molecule has 0 spiro atoms. The van der Waals surface area contributed by atoms with Crippen molar-refractivity contribution in [1.82, 2.24) is 15.5 Å². The Hall–Kier alpha value is -1.88. The summed E-state index contributed by atoms with van der Waals surface area (Å²) in [6.07, 6.45) is 4.55. The molecule has 1 aromatic carbocycles. The van der Waals surface area contributed by atoms with Gasteiger partial charge in [0.2, 0.25) is 5.91 Å². The molecule has 1 aliphatic rings. The summed E-state index contributed by atoms with van der Waals surface area (Å²) in [5, 5.41) is 5.11. The normalized spacial score (nSPS) is 18.7. The fraction of sp³-hybridized carbons (Fsp3) is 0.529. The third kappa shape index (κ3) is 5.15. The van der Waals surface area contributed by atoms with Crippen LogP contribution in [0.15, 0.2) is 30.3 Å². The number of hydrogen-bond acceptors (Lipinski definition) is 3. The number of rotatable bonds is 5. The van der Waals surface area contributed by atoms with E-state index in [1.54, 1.807) is 0 Å². The Kier molecular flexibility index (Phi) is 6.40. The second kappa shape index (κ2) is 8.54. The molecule has 1 atom stereocenters. The van der Waals surface area contributed by atoms with Crippen molar-refractivity contribution < 1.29 is 9.59 Å². The molecule has 1 unspecified atom stereocenters. The third-order valence-electron chi connectivity index (χ3n) is 4.12. The number of carbonyl (C=O) groups is 2. The Labute approximate surface area is 132 Å². The quantitative estimate of drug-likeness (QED) is 0.877. The van der Waals surface area contributed by atoms with E-state index in [2.05, 4.69) is 22.5 Å². The highest BCUT2D eigenvalue weighted by molar-refractivity contribution is 5.95. The van der Waals surface area contributed by atoms with Gasteiger partial charge in [-0.15, -0.1) is 0 Å². The van der Waals surface area contributed by atoms with Crippen molar-refractivity contribution in [2.45, 2.75) is 45.2 Å². The molecule has 120 valence electrons. The van der Waals surface area contributed by atoms with E-state index in [1.807, 2.05) is 30.3 Å². The van der Waals surface area contributed by atoms with Crippen LogP contribution in [0.5, 0.6) is 0 Å². The largest absolute Gasteiger partial charge is 0.334 e. The van der Waals surface area contributed by atoms with Gasteiger partial charge in [-0.1, -0.05) is 43.7 Å². The molecule has 2 N–H and O–H groups in total. The Morgan fingerprint density at radius 2 is 2.00 bits per heavy atom. The van der Waals surface area contributed by atoms with Crippen LogP contribution in [-0.4, -0.2) is 36.0 Å². The first-order valence-corrected chi connectivity index (χ1v) is 8.04. The molecular formula is C17H25N3O2. The van der Waals surface area contributed by atoms with E-state index in [4.69, 9.17) is 0 Å². The Balaban J connectivity index is 1.73. The summed E-state index contributed by atoms with van der Waals surface area (Å²) in [5.74, 6) is -0.231. The van der Waals surface area contributed by atoms with Gasteiger partial charge in [0.05, 0.1) is 6.54 Å². The van der Waals surface area contributed by atoms with Crippen molar-refractivity contribution in [3.63, 3.8) is 0 Å². The van der Waals surface area contributed by atoms with Crippen LogP contribution in [0.2, 0.25) is 0 Å². The molecular weight excluding hydrogens is 278 g/mol. The van der Waals surface area contributed by atoms with Crippen molar-refractivity contribution >= 4 is 11.9 Å². The molecule has 2 rings (SSSR count). The number of imide groups is 1. The van der Waals surface area contributed by atoms with Crippen molar-refractivity contribution in [2.24, 2.45) is 0 Å². The molecule has 0 aliphatic carbocycles. The van der Waals surface area contributed by atoms with E-state index in [-0.39, 0.29) is 5.91 Å². The lowest BCUT2D eigenvalue weighted by atomic mass is 10.0. The van der Waals surface area contributed by atoms with Gasteiger partial charge in [0.25, 0.3) is 0 Å². The first-order chi connectivity index (χ1) is 10.7. The molecule has 5 heteroatoms. The Morgan fingerprint density at radius 1 is 1.23 bits per heavy atom. The van der Waals surface area contributed by atoms with Gasteiger partial charge < -0.3 is 5.32 Å². The zero-order valence-electron chi connectivity index (χ0n) is 13.2. The van der Waals surface area contributed by atoms with Crippen molar-refractivity contribution in [3.8, 4) is 0 Å². The van der Waals surface area contributed by atoms with E-state index in [9.17, 15) is 9.59 Å². The molecule has 0 radical (unpaired) electrons. The van der Waals surface area contributed by atoms with E-state index in [0.717, 1.165) is 31.4 Å². The summed E-state index contributed by atoms with van der Waals surface area (Å²) in [5.41, 5.74) is 1.01. The minimum Gasteiger partial charge on any atom is -0.334 e. The maximum Gasteiger partial charge on any atom is 0.321 e. The van der Waals surface area contributed by atoms with Gasteiger partial charge in [-0.2, -0.15) is 0 Å². The highest BCUT2D eigenvalue weighted by Gasteiger charge is 2.23. The fourth-order valence-corrected chi connectivity index (χ4v) is 2.90. The smallest absolute Gasteiger partial charge is 0.321 e. The topological polar surface area (TPSA) is 61.4 Å². The molecule has 0 aromatic heterocycles. The average Bonchev–Trinajstić information content (AvgIpc) is 2.54. The summed E-state index contributed by atoms with van der Waals surface area (Å²) < 4.78 is 0. The van der Waals surface area contributed by atoms with Crippen LogP contribution in [0.1, 0.15) is 38.2 Å². The van der Waals surface area contributed by atoms with Gasteiger partial charge in [-0.25, -0.2) is 4.79 Å². The van der Waals surface area contributed by atoms with Gasteiger partial charge in [-0.05, 0) is 31.4 Å². The van der Waals surface area contributed by atoms with Crippen LogP contribution < -0.4 is 10.6 Å². The first-order valence-electron chi connectivity index (χ1n) is 8.04. The molecule has 0 bridgehead atoms. The highest BCUT2D eigenvalue weighted by Crippen LogP contribution is 2.18. The van der Waals surface area contributed by atoms with Crippen LogP contribution >= 0.6 is 0 Å². The molecule has 1 aromatic rings. The van der Waals surface area contributed by atoms with E-state index < -0.39 is 6.03 Å². The number of amides is 3. The number of likely N-dealkylation sites (tertiary alicyclic amines) is 1. The van der Waals surface area contributed by atoms with Crippen LogP contribution in [-0.2, 0) is 11.3 Å². The second-order valence-electron chi connectivity index (χ2n) is 5.74. The maximum absolute atomic E-state index is 12.0. The minimum atomic E-state index is -0.432. The van der Waals surface area contributed by atoms with E-state index in [1.165, 1.54) is 6.42 Å². The summed E-state index contributed by atoms with van der Waals surface area (Å²) in [6, 6.07) is 9.66. The predicted octanol–water partition coefficient (Wildman–Crippen LogP) is 2.28. The molecule has 22 heavy (non-hydrogen) atoms. The molecule has 1 heterocycles. The monoisotopic (exact) mass is 303 g/mol. The summed E-state index contributed by atoms with van der Waals surface area (Å²) in [4.78, 5) is 25.9. The number of nitrogens with one attached hydrogen (secondary N) is 2. The third-order valence-corrected chi connectivity index (χ3v) is 4.12. The lowest BCUT2D eigenvalue weighted by Crippen LogP contribution is -2.48. The number of urea groups is 1. The molecule has 1 saturated heterocycles. The molecule has 5 nitrogen and oxygen atoms in total.